The van der Waals surface area contributed by atoms with Gasteiger partial charge in [-0.05, 0) is 32.0 Å². The zero-order valence-electron chi connectivity index (χ0n) is 16.7. The van der Waals surface area contributed by atoms with Crippen molar-refractivity contribution in [1.29, 1.82) is 0 Å². The summed E-state index contributed by atoms with van der Waals surface area (Å²) in [6, 6.07) is 12.0. The fourth-order valence-electron chi connectivity index (χ4n) is 3.33. The van der Waals surface area contributed by atoms with Crippen molar-refractivity contribution in [3.05, 3.63) is 60.0 Å². The van der Waals surface area contributed by atoms with Crippen LogP contribution in [0.4, 0.5) is 17.5 Å². The molecule has 29 heavy (non-hydrogen) atoms. The Morgan fingerprint density at radius 1 is 1.07 bits per heavy atom. The summed E-state index contributed by atoms with van der Waals surface area (Å²) in [5.41, 5.74) is 3.12. The monoisotopic (exact) mass is 391 g/mol. The molecule has 0 spiro atoms. The van der Waals surface area contributed by atoms with Crippen molar-refractivity contribution in [3.8, 4) is 0 Å². The van der Waals surface area contributed by atoms with Crippen LogP contribution in [0.1, 0.15) is 11.3 Å². The number of carbonyl (C=O) groups excluding carboxylic acids is 1. The summed E-state index contributed by atoms with van der Waals surface area (Å²) in [5, 5.41) is 7.46. The van der Waals surface area contributed by atoms with E-state index in [1.165, 1.54) is 5.56 Å². The van der Waals surface area contributed by atoms with E-state index in [0.29, 0.717) is 32.1 Å². The lowest BCUT2D eigenvalue weighted by atomic mass is 10.2. The minimum Gasteiger partial charge on any atom is -0.340 e. The lowest BCUT2D eigenvalue weighted by molar-refractivity contribution is -0.132. The van der Waals surface area contributed by atoms with Crippen molar-refractivity contribution in [2.45, 2.75) is 20.4 Å². The van der Waals surface area contributed by atoms with E-state index in [9.17, 15) is 4.79 Å². The molecule has 0 saturated carbocycles. The topological polar surface area (TPSA) is 79.2 Å². The molecule has 1 saturated heterocycles. The highest BCUT2D eigenvalue weighted by molar-refractivity contribution is 5.76. The standard InChI is InChI=1S/C21H25N7O/c1-16-4-6-18(7-5-16)24-19-14-17(2)23-21(25-19)27-12-10-26(11-13-27)20(29)15-28-9-3-8-22-28/h3-9,14H,10-13,15H2,1-2H3,(H,23,24,25). The van der Waals surface area contributed by atoms with Crippen LogP contribution in [0.3, 0.4) is 0 Å². The predicted octanol–water partition coefficient (Wildman–Crippen LogP) is 2.38. The molecule has 1 aliphatic rings. The summed E-state index contributed by atoms with van der Waals surface area (Å²) in [7, 11) is 0. The molecule has 1 amide bonds. The van der Waals surface area contributed by atoms with Crippen LogP contribution in [0, 0.1) is 13.8 Å². The van der Waals surface area contributed by atoms with Gasteiger partial charge in [0.05, 0.1) is 0 Å². The number of nitrogens with one attached hydrogen (secondary N) is 1. The zero-order valence-corrected chi connectivity index (χ0v) is 16.7. The molecule has 0 aliphatic carbocycles. The SMILES string of the molecule is Cc1ccc(Nc2cc(C)nc(N3CCN(C(=O)Cn4cccn4)CC3)n2)cc1. The molecule has 3 heterocycles. The average Bonchev–Trinajstić information content (AvgIpc) is 3.22. The first-order chi connectivity index (χ1) is 14.1. The van der Waals surface area contributed by atoms with Gasteiger partial charge in [-0.3, -0.25) is 9.48 Å². The Kier molecular flexibility index (Phi) is 5.41. The molecule has 4 rings (SSSR count). The molecule has 1 fully saturated rings. The van der Waals surface area contributed by atoms with Gasteiger partial charge in [0.15, 0.2) is 0 Å². The number of anilines is 3. The molecular formula is C21H25N7O. The first-order valence-corrected chi connectivity index (χ1v) is 9.76. The largest absolute Gasteiger partial charge is 0.340 e. The fourth-order valence-corrected chi connectivity index (χ4v) is 3.33. The molecule has 150 valence electrons. The summed E-state index contributed by atoms with van der Waals surface area (Å²) in [6.45, 7) is 7.02. The summed E-state index contributed by atoms with van der Waals surface area (Å²) in [6.07, 6.45) is 3.49. The lowest BCUT2D eigenvalue weighted by Gasteiger charge is -2.35. The van der Waals surface area contributed by atoms with Gasteiger partial charge in [-0.1, -0.05) is 17.7 Å². The highest BCUT2D eigenvalue weighted by Gasteiger charge is 2.23. The molecule has 3 aromatic rings. The van der Waals surface area contributed by atoms with E-state index in [1.54, 1.807) is 17.1 Å². The second-order valence-electron chi connectivity index (χ2n) is 7.26. The number of carbonyl (C=O) groups is 1. The lowest BCUT2D eigenvalue weighted by Crippen LogP contribution is -2.50. The molecule has 8 nitrogen and oxygen atoms in total. The van der Waals surface area contributed by atoms with Gasteiger partial charge in [0.25, 0.3) is 0 Å². The third-order valence-electron chi connectivity index (χ3n) is 4.94. The smallest absolute Gasteiger partial charge is 0.244 e. The van der Waals surface area contributed by atoms with Crippen LogP contribution in [0.25, 0.3) is 0 Å². The van der Waals surface area contributed by atoms with E-state index in [1.807, 2.05) is 36.1 Å². The van der Waals surface area contributed by atoms with Crippen molar-refractivity contribution in [3.63, 3.8) is 0 Å². The molecule has 1 N–H and O–H groups in total. The van der Waals surface area contributed by atoms with Gasteiger partial charge in [0.1, 0.15) is 12.4 Å². The second-order valence-corrected chi connectivity index (χ2v) is 7.26. The third-order valence-corrected chi connectivity index (χ3v) is 4.94. The van der Waals surface area contributed by atoms with Gasteiger partial charge in [-0.15, -0.1) is 0 Å². The second kappa shape index (κ2) is 8.30. The molecule has 0 unspecified atom stereocenters. The summed E-state index contributed by atoms with van der Waals surface area (Å²) >= 11 is 0. The summed E-state index contributed by atoms with van der Waals surface area (Å²) in [5.74, 6) is 1.55. The van der Waals surface area contributed by atoms with Crippen LogP contribution in [-0.2, 0) is 11.3 Å². The summed E-state index contributed by atoms with van der Waals surface area (Å²) < 4.78 is 1.65. The van der Waals surface area contributed by atoms with E-state index < -0.39 is 0 Å². The number of hydrogen-bond acceptors (Lipinski definition) is 6. The van der Waals surface area contributed by atoms with E-state index >= 15 is 0 Å². The highest BCUT2D eigenvalue weighted by Crippen LogP contribution is 2.20. The Bertz CT molecular complexity index is 961. The van der Waals surface area contributed by atoms with E-state index in [-0.39, 0.29) is 12.5 Å². The maximum absolute atomic E-state index is 12.4. The number of benzene rings is 1. The van der Waals surface area contributed by atoms with Crippen molar-refractivity contribution in [2.24, 2.45) is 0 Å². The fraction of sp³-hybridized carbons (Fsp3) is 0.333. The van der Waals surface area contributed by atoms with Gasteiger partial charge in [-0.2, -0.15) is 10.1 Å². The third kappa shape index (κ3) is 4.71. The normalized spacial score (nSPS) is 14.1. The van der Waals surface area contributed by atoms with Gasteiger partial charge in [0, 0.05) is 56.0 Å². The first kappa shape index (κ1) is 18.9. The van der Waals surface area contributed by atoms with Crippen molar-refractivity contribution in [1.82, 2.24) is 24.6 Å². The molecule has 1 aliphatic heterocycles. The Balaban J connectivity index is 1.39. The van der Waals surface area contributed by atoms with E-state index in [0.717, 1.165) is 17.2 Å². The van der Waals surface area contributed by atoms with Crippen molar-refractivity contribution < 1.29 is 4.79 Å². The van der Waals surface area contributed by atoms with E-state index in [2.05, 4.69) is 39.4 Å². The molecule has 0 radical (unpaired) electrons. The number of amides is 1. The molecule has 0 bridgehead atoms. The Hall–Kier alpha value is -3.42. The van der Waals surface area contributed by atoms with Crippen LogP contribution < -0.4 is 10.2 Å². The minimum atomic E-state index is 0.0836. The average molecular weight is 391 g/mol. The van der Waals surface area contributed by atoms with Gasteiger partial charge < -0.3 is 15.1 Å². The number of piperazine rings is 1. The predicted molar refractivity (Wildman–Crippen MR) is 112 cm³/mol. The highest BCUT2D eigenvalue weighted by atomic mass is 16.2. The Morgan fingerprint density at radius 3 is 2.52 bits per heavy atom. The van der Waals surface area contributed by atoms with Crippen LogP contribution >= 0.6 is 0 Å². The van der Waals surface area contributed by atoms with E-state index in [4.69, 9.17) is 4.98 Å². The molecule has 0 atom stereocenters. The Labute approximate surface area is 170 Å². The molecule has 8 heteroatoms. The Morgan fingerprint density at radius 2 is 1.83 bits per heavy atom. The number of nitrogens with zero attached hydrogens (tertiary/aromatic N) is 6. The van der Waals surface area contributed by atoms with Gasteiger partial charge in [0.2, 0.25) is 11.9 Å². The number of aromatic nitrogens is 4. The zero-order chi connectivity index (χ0) is 20.2. The summed E-state index contributed by atoms with van der Waals surface area (Å²) in [4.78, 5) is 25.7. The van der Waals surface area contributed by atoms with Crippen LogP contribution in [0.15, 0.2) is 48.8 Å². The van der Waals surface area contributed by atoms with Crippen LogP contribution in [0.2, 0.25) is 0 Å². The van der Waals surface area contributed by atoms with Crippen LogP contribution in [-0.4, -0.2) is 56.7 Å². The molecule has 2 aromatic heterocycles. The number of hydrogen-bond donors (Lipinski definition) is 1. The van der Waals surface area contributed by atoms with Crippen molar-refractivity contribution >= 4 is 23.4 Å². The minimum absolute atomic E-state index is 0.0836. The van der Waals surface area contributed by atoms with Crippen molar-refractivity contribution in [2.75, 3.05) is 36.4 Å². The van der Waals surface area contributed by atoms with Gasteiger partial charge in [-0.25, -0.2) is 4.98 Å². The first-order valence-electron chi connectivity index (χ1n) is 9.76. The number of rotatable bonds is 5. The maximum atomic E-state index is 12.4. The number of aryl methyl sites for hydroxylation is 2. The van der Waals surface area contributed by atoms with Gasteiger partial charge >= 0.3 is 0 Å². The molecule has 1 aromatic carbocycles. The van der Waals surface area contributed by atoms with Crippen LogP contribution in [0.5, 0.6) is 0 Å². The maximum Gasteiger partial charge on any atom is 0.244 e. The molecular weight excluding hydrogens is 366 g/mol. The quantitative estimate of drug-likeness (QED) is 0.719.